The van der Waals surface area contributed by atoms with E-state index in [4.69, 9.17) is 14.0 Å². The van der Waals surface area contributed by atoms with Crippen LogP contribution in [0.1, 0.15) is 16.1 Å². The number of methoxy groups -OCH3 is 2. The van der Waals surface area contributed by atoms with Crippen LogP contribution in [-0.2, 0) is 11.3 Å². The fourth-order valence-electron chi connectivity index (χ4n) is 3.26. The maximum Gasteiger partial charge on any atom is 0.324 e. The molecule has 32 heavy (non-hydrogen) atoms. The lowest BCUT2D eigenvalue weighted by Gasteiger charge is -2.13. The van der Waals surface area contributed by atoms with Crippen molar-refractivity contribution >= 4 is 23.5 Å². The summed E-state index contributed by atoms with van der Waals surface area (Å²) in [5.41, 5.74) is 1.84. The van der Waals surface area contributed by atoms with Crippen molar-refractivity contribution in [1.29, 1.82) is 0 Å². The maximum atomic E-state index is 12.7. The van der Waals surface area contributed by atoms with Gasteiger partial charge in [-0.05, 0) is 35.9 Å². The van der Waals surface area contributed by atoms with Crippen molar-refractivity contribution in [3.8, 4) is 22.8 Å². The number of ether oxygens (including phenoxy) is 2. The van der Waals surface area contributed by atoms with Gasteiger partial charge in [-0.1, -0.05) is 17.3 Å². The second kappa shape index (κ2) is 8.80. The smallest absolute Gasteiger partial charge is 0.324 e. The fourth-order valence-corrected chi connectivity index (χ4v) is 3.26. The lowest BCUT2D eigenvalue weighted by atomic mass is 10.1. The third-order valence-corrected chi connectivity index (χ3v) is 4.88. The molecule has 0 spiro atoms. The van der Waals surface area contributed by atoms with Gasteiger partial charge in [0, 0.05) is 11.8 Å². The summed E-state index contributed by atoms with van der Waals surface area (Å²) < 4.78 is 15.9. The number of hydrogen-bond donors (Lipinski definition) is 2. The Morgan fingerprint density at radius 1 is 1.16 bits per heavy atom. The minimum atomic E-state index is -0.478. The van der Waals surface area contributed by atoms with Crippen molar-refractivity contribution < 1.29 is 28.4 Å². The number of carbonyl (C=O) groups is 3. The highest BCUT2D eigenvalue weighted by Crippen LogP contribution is 2.33. The van der Waals surface area contributed by atoms with Crippen LogP contribution in [-0.4, -0.2) is 48.7 Å². The van der Waals surface area contributed by atoms with Gasteiger partial charge in [-0.3, -0.25) is 14.5 Å². The molecule has 3 aromatic rings. The quantitative estimate of drug-likeness (QED) is 0.546. The summed E-state index contributed by atoms with van der Waals surface area (Å²) in [5.74, 6) is 0.715. The first-order chi connectivity index (χ1) is 15.5. The third-order valence-electron chi connectivity index (χ3n) is 4.88. The van der Waals surface area contributed by atoms with E-state index in [2.05, 4.69) is 15.8 Å². The Bertz CT molecular complexity index is 1170. The average Bonchev–Trinajstić information content (AvgIpc) is 3.42. The van der Waals surface area contributed by atoms with Crippen molar-refractivity contribution in [2.45, 2.75) is 6.54 Å². The molecule has 10 nitrogen and oxygen atoms in total. The first-order valence-electron chi connectivity index (χ1n) is 9.66. The van der Waals surface area contributed by atoms with Gasteiger partial charge < -0.3 is 24.6 Å². The van der Waals surface area contributed by atoms with Gasteiger partial charge in [0.1, 0.15) is 11.5 Å². The summed E-state index contributed by atoms with van der Waals surface area (Å²) >= 11 is 0. The van der Waals surface area contributed by atoms with Gasteiger partial charge in [0.25, 0.3) is 5.91 Å². The zero-order valence-corrected chi connectivity index (χ0v) is 17.4. The van der Waals surface area contributed by atoms with Crippen LogP contribution in [0.15, 0.2) is 53.1 Å². The molecule has 1 aromatic heterocycles. The zero-order valence-electron chi connectivity index (χ0n) is 17.4. The van der Waals surface area contributed by atoms with Gasteiger partial charge in [0.15, 0.2) is 11.5 Å². The molecule has 1 fully saturated rings. The highest BCUT2D eigenvalue weighted by molar-refractivity contribution is 6.03. The van der Waals surface area contributed by atoms with Crippen LogP contribution >= 0.6 is 0 Å². The minimum Gasteiger partial charge on any atom is -0.497 e. The first kappa shape index (κ1) is 20.9. The predicted molar refractivity (Wildman–Crippen MR) is 113 cm³/mol. The van der Waals surface area contributed by atoms with Crippen molar-refractivity contribution in [1.82, 2.24) is 15.4 Å². The van der Waals surface area contributed by atoms with Gasteiger partial charge in [-0.25, -0.2) is 4.79 Å². The van der Waals surface area contributed by atoms with Crippen LogP contribution in [0.3, 0.4) is 0 Å². The largest absolute Gasteiger partial charge is 0.497 e. The third kappa shape index (κ3) is 4.24. The van der Waals surface area contributed by atoms with Crippen LogP contribution in [0.2, 0.25) is 0 Å². The van der Waals surface area contributed by atoms with Crippen LogP contribution in [0, 0.1) is 0 Å². The van der Waals surface area contributed by atoms with E-state index in [-0.39, 0.29) is 24.7 Å². The van der Waals surface area contributed by atoms with Crippen LogP contribution in [0.25, 0.3) is 11.3 Å². The van der Waals surface area contributed by atoms with Crippen molar-refractivity contribution in [2.75, 3.05) is 26.1 Å². The number of benzene rings is 2. The Balaban J connectivity index is 1.49. The van der Waals surface area contributed by atoms with Gasteiger partial charge in [0.05, 0.1) is 32.9 Å². The number of imide groups is 1. The van der Waals surface area contributed by atoms with E-state index < -0.39 is 11.9 Å². The van der Waals surface area contributed by atoms with Crippen LogP contribution in [0.4, 0.5) is 10.5 Å². The monoisotopic (exact) mass is 436 g/mol. The summed E-state index contributed by atoms with van der Waals surface area (Å²) in [6, 6.07) is 13.1. The Labute approximate surface area is 183 Å². The second-order valence-electron chi connectivity index (χ2n) is 6.94. The molecule has 0 radical (unpaired) electrons. The molecule has 1 aliphatic heterocycles. The number of carbonyl (C=O) groups excluding carboxylic acids is 3. The van der Waals surface area contributed by atoms with E-state index >= 15 is 0 Å². The van der Waals surface area contributed by atoms with E-state index in [1.165, 1.54) is 13.2 Å². The number of nitrogens with one attached hydrogen (secondary N) is 2. The van der Waals surface area contributed by atoms with E-state index in [9.17, 15) is 14.4 Å². The number of hydrogen-bond acceptors (Lipinski definition) is 7. The van der Waals surface area contributed by atoms with Crippen molar-refractivity contribution in [2.24, 2.45) is 0 Å². The molecule has 0 atom stereocenters. The summed E-state index contributed by atoms with van der Waals surface area (Å²) in [5, 5.41) is 9.07. The highest BCUT2D eigenvalue weighted by Gasteiger charge is 2.28. The normalized spacial score (nSPS) is 13.1. The zero-order chi connectivity index (χ0) is 22.7. The second-order valence-corrected chi connectivity index (χ2v) is 6.94. The molecular weight excluding hydrogens is 416 g/mol. The molecule has 1 saturated heterocycles. The fraction of sp³-hybridized carbons (Fsp3) is 0.182. The molecular formula is C22H20N4O6. The highest BCUT2D eigenvalue weighted by atomic mass is 16.5. The number of rotatable bonds is 7. The molecule has 0 bridgehead atoms. The number of aromatic nitrogens is 1. The summed E-state index contributed by atoms with van der Waals surface area (Å²) in [7, 11) is 3.08. The number of amides is 4. The van der Waals surface area contributed by atoms with Crippen LogP contribution < -0.4 is 20.1 Å². The Kier molecular flexibility index (Phi) is 5.75. The predicted octanol–water partition coefficient (Wildman–Crippen LogP) is 2.66. The van der Waals surface area contributed by atoms with E-state index in [0.29, 0.717) is 34.1 Å². The summed E-state index contributed by atoms with van der Waals surface area (Å²) in [6.07, 6.45) is 0. The molecule has 0 unspecified atom stereocenters. The molecule has 2 heterocycles. The number of nitrogens with zero attached hydrogens (tertiary/aromatic N) is 2. The Morgan fingerprint density at radius 2 is 2.00 bits per heavy atom. The van der Waals surface area contributed by atoms with Gasteiger partial charge >= 0.3 is 6.03 Å². The molecule has 4 amide bonds. The molecule has 1 aliphatic rings. The molecule has 0 saturated carbocycles. The van der Waals surface area contributed by atoms with E-state index in [0.717, 1.165) is 4.90 Å². The molecule has 2 N–H and O–H groups in total. The summed E-state index contributed by atoms with van der Waals surface area (Å²) in [4.78, 5) is 37.3. The minimum absolute atomic E-state index is 0.0121. The van der Waals surface area contributed by atoms with Gasteiger partial charge in [-0.2, -0.15) is 0 Å². The average molecular weight is 436 g/mol. The molecule has 0 aliphatic carbocycles. The van der Waals surface area contributed by atoms with Gasteiger partial charge in [-0.15, -0.1) is 0 Å². The van der Waals surface area contributed by atoms with Crippen molar-refractivity contribution in [3.05, 3.63) is 59.8 Å². The molecule has 4 rings (SSSR count). The lowest BCUT2D eigenvalue weighted by molar-refractivity contribution is -0.125. The molecule has 10 heteroatoms. The van der Waals surface area contributed by atoms with Crippen molar-refractivity contribution in [3.63, 3.8) is 0 Å². The molecule has 2 aromatic carbocycles. The SMILES string of the molecule is COc1ccc(OC)c(-c2cc(C(=O)Nc3cccc(CN4C(=O)CNC4=O)c3)no2)c1. The number of anilines is 1. The van der Waals surface area contributed by atoms with E-state index in [1.54, 1.807) is 49.6 Å². The Hall–Kier alpha value is -4.34. The van der Waals surface area contributed by atoms with Gasteiger partial charge in [0.2, 0.25) is 5.91 Å². The van der Waals surface area contributed by atoms with E-state index in [1.807, 2.05) is 0 Å². The topological polar surface area (TPSA) is 123 Å². The standard InChI is InChI=1S/C22H20N4O6/c1-30-15-6-7-18(31-2)16(9-15)19-10-17(25-32-19)21(28)24-14-5-3-4-13(8-14)12-26-20(27)11-23-22(26)29/h3-10H,11-12H2,1-2H3,(H,23,29)(H,24,28). The lowest BCUT2D eigenvalue weighted by Crippen LogP contribution is -2.30. The Morgan fingerprint density at radius 3 is 2.72 bits per heavy atom. The maximum absolute atomic E-state index is 12.7. The molecule has 164 valence electrons. The number of urea groups is 1. The summed E-state index contributed by atoms with van der Waals surface area (Å²) in [6.45, 7) is 0.0972. The van der Waals surface area contributed by atoms with Crippen LogP contribution in [0.5, 0.6) is 11.5 Å². The first-order valence-corrected chi connectivity index (χ1v) is 9.66.